The monoisotopic (exact) mass is 378 g/mol. The summed E-state index contributed by atoms with van der Waals surface area (Å²) in [7, 11) is 0.933. The zero-order valence-electron chi connectivity index (χ0n) is 13.7. The second-order valence-corrected chi connectivity index (χ2v) is 6.22. The van der Waals surface area contributed by atoms with E-state index in [9.17, 15) is 31.5 Å². The van der Waals surface area contributed by atoms with E-state index in [0.717, 1.165) is 7.11 Å². The summed E-state index contributed by atoms with van der Waals surface area (Å²) in [6.07, 6.45) is -7.10. The molecule has 0 unspecified atom stereocenters. The second kappa shape index (κ2) is 6.48. The van der Waals surface area contributed by atoms with Crippen LogP contribution in [-0.2, 0) is 10.9 Å². The number of aromatic nitrogens is 1. The smallest absolute Gasteiger partial charge is 0.434 e. The minimum absolute atomic E-state index is 0.268. The van der Waals surface area contributed by atoms with Gasteiger partial charge in [0.25, 0.3) is 12.3 Å². The van der Waals surface area contributed by atoms with Gasteiger partial charge in [-0.05, 0) is 30.7 Å². The zero-order chi connectivity index (χ0) is 19.2. The van der Waals surface area contributed by atoms with E-state index in [1.165, 1.54) is 4.90 Å². The predicted octanol–water partition coefficient (Wildman–Crippen LogP) is 3.55. The Labute approximate surface area is 145 Å². The van der Waals surface area contributed by atoms with Crippen LogP contribution >= 0.6 is 0 Å². The van der Waals surface area contributed by atoms with E-state index in [4.69, 9.17) is 0 Å². The van der Waals surface area contributed by atoms with Gasteiger partial charge in [0.05, 0.1) is 18.2 Å². The molecule has 0 radical (unpaired) electrons. The molecule has 1 aliphatic heterocycles. The Morgan fingerprint density at radius 1 is 1.19 bits per heavy atom. The summed E-state index contributed by atoms with van der Waals surface area (Å²) < 4.78 is 71.8. The summed E-state index contributed by atoms with van der Waals surface area (Å²) in [6.45, 7) is 0.536. The fourth-order valence-electron chi connectivity index (χ4n) is 2.98. The minimum atomic E-state index is -5.11. The van der Waals surface area contributed by atoms with Gasteiger partial charge in [-0.25, -0.2) is 18.6 Å². The summed E-state index contributed by atoms with van der Waals surface area (Å²) in [5, 5.41) is 0. The molecular weight excluding hydrogens is 363 g/mol. The number of nitrogens with zero attached hydrogens (tertiary/aromatic N) is 2. The van der Waals surface area contributed by atoms with Crippen molar-refractivity contribution >= 4 is 11.9 Å². The van der Waals surface area contributed by atoms with E-state index in [-0.39, 0.29) is 18.7 Å². The van der Waals surface area contributed by atoms with Gasteiger partial charge in [-0.3, -0.25) is 4.79 Å². The zero-order valence-corrected chi connectivity index (χ0v) is 13.7. The van der Waals surface area contributed by atoms with Crippen LogP contribution < -0.4 is 0 Å². The molecule has 26 heavy (non-hydrogen) atoms. The van der Waals surface area contributed by atoms with Gasteiger partial charge in [-0.15, -0.1) is 0 Å². The maximum absolute atomic E-state index is 13.5. The molecule has 3 rings (SSSR count). The average Bonchev–Trinajstić information content (AvgIpc) is 3.33. The van der Waals surface area contributed by atoms with Crippen LogP contribution in [0.1, 0.15) is 69.3 Å². The lowest BCUT2D eigenvalue weighted by Crippen LogP contribution is -2.43. The molecule has 0 N–H and O–H groups in total. The molecule has 1 saturated carbocycles. The molecule has 2 aliphatic rings. The number of alkyl halides is 5. The van der Waals surface area contributed by atoms with Crippen LogP contribution in [0.25, 0.3) is 0 Å². The molecule has 0 atom stereocenters. The number of hydrogen-bond donors (Lipinski definition) is 0. The average molecular weight is 378 g/mol. The summed E-state index contributed by atoms with van der Waals surface area (Å²) in [4.78, 5) is 28.9. The van der Waals surface area contributed by atoms with Crippen molar-refractivity contribution in [3.05, 3.63) is 28.1 Å². The Balaban J connectivity index is 2.34. The highest BCUT2D eigenvalue weighted by Crippen LogP contribution is 2.48. The molecule has 0 spiro atoms. The van der Waals surface area contributed by atoms with Gasteiger partial charge >= 0.3 is 12.1 Å². The third-order valence-corrected chi connectivity index (χ3v) is 4.47. The van der Waals surface area contributed by atoms with Crippen LogP contribution in [0.3, 0.4) is 0 Å². The van der Waals surface area contributed by atoms with Crippen LogP contribution in [0.4, 0.5) is 22.0 Å². The molecule has 142 valence electrons. The van der Waals surface area contributed by atoms with Gasteiger partial charge in [-0.2, -0.15) is 13.2 Å². The molecule has 2 heterocycles. The molecule has 1 aromatic rings. The highest BCUT2D eigenvalue weighted by molar-refractivity contribution is 6.02. The lowest BCUT2D eigenvalue weighted by Gasteiger charge is -2.33. The number of esters is 1. The largest absolute Gasteiger partial charge is 0.465 e. The topological polar surface area (TPSA) is 59.5 Å². The van der Waals surface area contributed by atoms with Crippen molar-refractivity contribution in [2.75, 3.05) is 20.2 Å². The number of halogens is 5. The Kier molecular flexibility index (Phi) is 4.61. The number of likely N-dealkylation sites (tertiary alicyclic amines) is 1. The number of ether oxygens (including phenoxy) is 1. The molecule has 1 aromatic heterocycles. The van der Waals surface area contributed by atoms with E-state index in [1.807, 2.05) is 0 Å². The molecular formula is C16H15F5N2O3. The molecule has 5 nitrogen and oxygen atoms in total. The maximum atomic E-state index is 13.5. The fraction of sp³-hybridized carbons (Fsp3) is 0.562. The third kappa shape index (κ3) is 3.12. The number of carbonyl (C=O) groups excluding carboxylic acids is 2. The molecule has 1 amide bonds. The van der Waals surface area contributed by atoms with Gasteiger partial charge in [0, 0.05) is 13.1 Å². The molecule has 1 aliphatic carbocycles. The first-order valence-corrected chi connectivity index (χ1v) is 7.97. The van der Waals surface area contributed by atoms with Gasteiger partial charge in [-0.1, -0.05) is 0 Å². The van der Waals surface area contributed by atoms with E-state index in [2.05, 4.69) is 9.72 Å². The van der Waals surface area contributed by atoms with Crippen molar-refractivity contribution in [2.24, 2.45) is 0 Å². The van der Waals surface area contributed by atoms with Crippen LogP contribution in [0.5, 0.6) is 0 Å². The van der Waals surface area contributed by atoms with Gasteiger partial charge in [0.15, 0.2) is 5.69 Å². The standard InChI is InChI=1S/C16H15F5N2O3/c1-26-15(25)9-8(7-3-4-7)10(14(24)23-5-2-6-23)12(16(19,20)21)22-11(9)13(17)18/h7,13H,2-6H2,1H3. The number of rotatable bonds is 4. The van der Waals surface area contributed by atoms with Crippen molar-refractivity contribution in [1.82, 2.24) is 9.88 Å². The van der Waals surface area contributed by atoms with E-state index in [1.54, 1.807) is 0 Å². The van der Waals surface area contributed by atoms with Gasteiger partial charge in [0.2, 0.25) is 0 Å². The van der Waals surface area contributed by atoms with Crippen molar-refractivity contribution in [1.29, 1.82) is 0 Å². The minimum Gasteiger partial charge on any atom is -0.465 e. The first-order chi connectivity index (χ1) is 12.2. The molecule has 0 aromatic carbocycles. The summed E-state index contributed by atoms with van der Waals surface area (Å²) >= 11 is 0. The Bertz CT molecular complexity index is 755. The van der Waals surface area contributed by atoms with Crippen LogP contribution in [0.15, 0.2) is 0 Å². The van der Waals surface area contributed by atoms with Crippen LogP contribution in [-0.4, -0.2) is 42.0 Å². The van der Waals surface area contributed by atoms with Gasteiger partial charge < -0.3 is 9.64 Å². The SMILES string of the molecule is COC(=O)c1c(C(F)F)nc(C(F)(F)F)c(C(=O)N2CCC2)c1C1CC1. The van der Waals surface area contributed by atoms with E-state index >= 15 is 0 Å². The maximum Gasteiger partial charge on any atom is 0.434 e. The molecule has 1 saturated heterocycles. The summed E-state index contributed by atoms with van der Waals surface area (Å²) in [6, 6.07) is 0. The number of methoxy groups -OCH3 is 1. The highest BCUT2D eigenvalue weighted by Gasteiger charge is 2.46. The number of pyridine rings is 1. The predicted molar refractivity (Wildman–Crippen MR) is 78.0 cm³/mol. The quantitative estimate of drug-likeness (QED) is 0.594. The van der Waals surface area contributed by atoms with Crippen molar-refractivity contribution in [3.8, 4) is 0 Å². The lowest BCUT2D eigenvalue weighted by atomic mass is 9.92. The van der Waals surface area contributed by atoms with E-state index < -0.39 is 52.9 Å². The summed E-state index contributed by atoms with van der Waals surface area (Å²) in [5.74, 6) is -2.74. The molecule has 0 bridgehead atoms. The van der Waals surface area contributed by atoms with E-state index in [0.29, 0.717) is 19.3 Å². The van der Waals surface area contributed by atoms with Crippen LogP contribution in [0, 0.1) is 0 Å². The summed E-state index contributed by atoms with van der Waals surface area (Å²) in [5.41, 5.74) is -4.80. The Morgan fingerprint density at radius 3 is 2.19 bits per heavy atom. The van der Waals surface area contributed by atoms with Crippen molar-refractivity contribution < 1.29 is 36.3 Å². The van der Waals surface area contributed by atoms with Crippen LogP contribution in [0.2, 0.25) is 0 Å². The third-order valence-electron chi connectivity index (χ3n) is 4.47. The number of hydrogen-bond acceptors (Lipinski definition) is 4. The molecule has 2 fully saturated rings. The van der Waals surface area contributed by atoms with Gasteiger partial charge in [0.1, 0.15) is 5.69 Å². The lowest BCUT2D eigenvalue weighted by molar-refractivity contribution is -0.142. The Hall–Kier alpha value is -2.26. The molecule has 10 heteroatoms. The fourth-order valence-corrected chi connectivity index (χ4v) is 2.98. The highest BCUT2D eigenvalue weighted by atomic mass is 19.4. The Morgan fingerprint density at radius 2 is 1.81 bits per heavy atom. The normalized spacial score (nSPS) is 17.3. The first-order valence-electron chi connectivity index (χ1n) is 7.97. The van der Waals surface area contributed by atoms with Crippen molar-refractivity contribution in [2.45, 2.75) is 37.8 Å². The number of carbonyl (C=O) groups is 2. The number of amides is 1. The van der Waals surface area contributed by atoms with Crippen molar-refractivity contribution in [3.63, 3.8) is 0 Å². The second-order valence-electron chi connectivity index (χ2n) is 6.22. The first kappa shape index (κ1) is 18.5.